The van der Waals surface area contributed by atoms with Crippen LogP contribution < -0.4 is 0 Å². The summed E-state index contributed by atoms with van der Waals surface area (Å²) in [7, 11) is 0. The molecule has 0 amide bonds. The summed E-state index contributed by atoms with van der Waals surface area (Å²) in [5.74, 6) is 1.40. The molecule has 98 valence electrons. The van der Waals surface area contributed by atoms with Crippen LogP contribution in [0, 0.1) is 23.2 Å². The van der Waals surface area contributed by atoms with E-state index < -0.39 is 5.97 Å². The lowest BCUT2D eigenvalue weighted by molar-refractivity contribution is -0.153. The van der Waals surface area contributed by atoms with Crippen molar-refractivity contribution < 1.29 is 9.90 Å². The second kappa shape index (κ2) is 4.99. The van der Waals surface area contributed by atoms with Crippen molar-refractivity contribution in [2.75, 3.05) is 0 Å². The highest BCUT2D eigenvalue weighted by Crippen LogP contribution is 2.52. The van der Waals surface area contributed by atoms with Gasteiger partial charge in [0.2, 0.25) is 0 Å². The van der Waals surface area contributed by atoms with Gasteiger partial charge in [-0.15, -0.1) is 0 Å². The molecule has 2 rings (SSSR count). The minimum Gasteiger partial charge on any atom is -0.481 e. The molecular formula is C15H26O2. The van der Waals surface area contributed by atoms with Crippen molar-refractivity contribution in [2.24, 2.45) is 23.2 Å². The van der Waals surface area contributed by atoms with Gasteiger partial charge in [-0.3, -0.25) is 4.79 Å². The highest BCUT2D eigenvalue weighted by atomic mass is 16.4. The van der Waals surface area contributed by atoms with E-state index >= 15 is 0 Å². The van der Waals surface area contributed by atoms with Gasteiger partial charge in [-0.1, -0.05) is 33.1 Å². The lowest BCUT2D eigenvalue weighted by Crippen LogP contribution is -2.38. The van der Waals surface area contributed by atoms with Gasteiger partial charge in [-0.2, -0.15) is 0 Å². The summed E-state index contributed by atoms with van der Waals surface area (Å²) in [6, 6.07) is 0. The Labute approximate surface area is 105 Å². The minimum absolute atomic E-state index is 0.363. The van der Waals surface area contributed by atoms with Crippen LogP contribution in [0.2, 0.25) is 0 Å². The van der Waals surface area contributed by atoms with E-state index in [9.17, 15) is 9.90 Å². The second-order valence-electron chi connectivity index (χ2n) is 6.44. The Bertz CT molecular complexity index is 279. The molecule has 2 fully saturated rings. The zero-order valence-corrected chi connectivity index (χ0v) is 11.2. The molecule has 0 radical (unpaired) electrons. The summed E-state index contributed by atoms with van der Waals surface area (Å²) in [6.45, 7) is 4.47. The van der Waals surface area contributed by atoms with Crippen LogP contribution in [0.3, 0.4) is 0 Å². The van der Waals surface area contributed by atoms with Gasteiger partial charge in [0.05, 0.1) is 5.41 Å². The maximum Gasteiger partial charge on any atom is 0.309 e. The molecule has 1 N–H and O–H groups in total. The van der Waals surface area contributed by atoms with E-state index in [2.05, 4.69) is 13.8 Å². The third-order valence-corrected chi connectivity index (χ3v) is 5.43. The summed E-state index contributed by atoms with van der Waals surface area (Å²) >= 11 is 0. The summed E-state index contributed by atoms with van der Waals surface area (Å²) in [6.07, 6.45) is 9.03. The van der Waals surface area contributed by atoms with Gasteiger partial charge in [0.1, 0.15) is 0 Å². The molecule has 17 heavy (non-hydrogen) atoms. The summed E-state index contributed by atoms with van der Waals surface area (Å²) < 4.78 is 0. The largest absolute Gasteiger partial charge is 0.481 e. The van der Waals surface area contributed by atoms with E-state index in [0.717, 1.165) is 38.0 Å². The van der Waals surface area contributed by atoms with Gasteiger partial charge in [-0.05, 0) is 49.9 Å². The van der Waals surface area contributed by atoms with Crippen LogP contribution in [0.5, 0.6) is 0 Å². The predicted molar refractivity (Wildman–Crippen MR) is 68.8 cm³/mol. The van der Waals surface area contributed by atoms with Gasteiger partial charge < -0.3 is 5.11 Å². The number of hydrogen-bond acceptors (Lipinski definition) is 1. The lowest BCUT2D eigenvalue weighted by Gasteiger charge is -2.38. The maximum absolute atomic E-state index is 11.7. The highest BCUT2D eigenvalue weighted by Gasteiger charge is 2.50. The molecule has 2 aliphatic carbocycles. The van der Waals surface area contributed by atoms with E-state index in [1.807, 2.05) is 0 Å². The zero-order chi connectivity index (χ0) is 12.5. The Hall–Kier alpha value is -0.530. The van der Waals surface area contributed by atoms with Crippen LogP contribution in [-0.2, 0) is 4.79 Å². The number of aliphatic carboxylic acids is 1. The van der Waals surface area contributed by atoms with Crippen LogP contribution in [0.1, 0.15) is 65.2 Å². The van der Waals surface area contributed by atoms with E-state index in [-0.39, 0.29) is 5.41 Å². The first kappa shape index (κ1) is 12.9. The number of carboxylic acid groups (broad SMARTS) is 1. The molecule has 0 aromatic rings. The van der Waals surface area contributed by atoms with Crippen LogP contribution in [0.4, 0.5) is 0 Å². The Morgan fingerprint density at radius 1 is 1.24 bits per heavy atom. The van der Waals surface area contributed by atoms with Gasteiger partial charge in [0.25, 0.3) is 0 Å². The number of carbonyl (C=O) groups is 1. The molecule has 0 saturated heterocycles. The van der Waals surface area contributed by atoms with Crippen molar-refractivity contribution in [1.29, 1.82) is 0 Å². The first-order valence-corrected chi connectivity index (χ1v) is 7.32. The van der Waals surface area contributed by atoms with Crippen LogP contribution in [0.25, 0.3) is 0 Å². The van der Waals surface area contributed by atoms with Crippen LogP contribution in [0.15, 0.2) is 0 Å². The molecule has 2 nitrogen and oxygen atoms in total. The molecule has 0 aromatic carbocycles. The molecule has 2 heteroatoms. The normalized spacial score (nSPS) is 42.6. The molecule has 0 aliphatic heterocycles. The van der Waals surface area contributed by atoms with Crippen molar-refractivity contribution in [1.82, 2.24) is 0 Å². The van der Waals surface area contributed by atoms with E-state index in [1.54, 1.807) is 0 Å². The number of rotatable bonds is 3. The standard InChI is InChI=1S/C15H26O2/c1-3-12-4-6-13(7-5-12)15(14(16)17)9-8-11(2)10-15/h11-13H,3-10H2,1-2H3,(H,16,17). The number of hydrogen-bond donors (Lipinski definition) is 1. The Morgan fingerprint density at radius 3 is 2.29 bits per heavy atom. The molecule has 0 spiro atoms. The fourth-order valence-electron chi connectivity index (χ4n) is 4.19. The molecule has 2 aliphatic rings. The minimum atomic E-state index is -0.512. The molecule has 0 heterocycles. The molecular weight excluding hydrogens is 212 g/mol. The van der Waals surface area contributed by atoms with Crippen molar-refractivity contribution >= 4 is 5.97 Å². The maximum atomic E-state index is 11.7. The quantitative estimate of drug-likeness (QED) is 0.804. The SMILES string of the molecule is CCC1CCC(C2(C(=O)O)CCC(C)C2)CC1. The van der Waals surface area contributed by atoms with Crippen molar-refractivity contribution in [3.63, 3.8) is 0 Å². The Kier molecular flexibility index (Phi) is 3.79. The Morgan fingerprint density at radius 2 is 1.88 bits per heavy atom. The van der Waals surface area contributed by atoms with Gasteiger partial charge in [0, 0.05) is 0 Å². The lowest BCUT2D eigenvalue weighted by atomic mass is 9.65. The van der Waals surface area contributed by atoms with E-state index in [1.165, 1.54) is 19.3 Å². The molecule has 2 unspecified atom stereocenters. The molecule has 0 bridgehead atoms. The fourth-order valence-corrected chi connectivity index (χ4v) is 4.19. The van der Waals surface area contributed by atoms with Crippen molar-refractivity contribution in [3.05, 3.63) is 0 Å². The second-order valence-corrected chi connectivity index (χ2v) is 6.44. The highest BCUT2D eigenvalue weighted by molar-refractivity contribution is 5.75. The first-order valence-electron chi connectivity index (χ1n) is 7.32. The third-order valence-electron chi connectivity index (χ3n) is 5.43. The summed E-state index contributed by atoms with van der Waals surface area (Å²) in [4.78, 5) is 11.7. The predicted octanol–water partition coefficient (Wildman–Crippen LogP) is 4.09. The Balaban J connectivity index is 2.06. The van der Waals surface area contributed by atoms with Gasteiger partial charge in [-0.25, -0.2) is 0 Å². The smallest absolute Gasteiger partial charge is 0.309 e. The van der Waals surface area contributed by atoms with E-state index in [0.29, 0.717) is 11.8 Å². The van der Waals surface area contributed by atoms with E-state index in [4.69, 9.17) is 0 Å². The molecule has 2 saturated carbocycles. The first-order chi connectivity index (χ1) is 8.08. The van der Waals surface area contributed by atoms with Crippen LogP contribution in [-0.4, -0.2) is 11.1 Å². The topological polar surface area (TPSA) is 37.3 Å². The van der Waals surface area contributed by atoms with Crippen LogP contribution >= 0.6 is 0 Å². The average Bonchev–Trinajstić information content (AvgIpc) is 2.73. The molecule has 0 aromatic heterocycles. The monoisotopic (exact) mass is 238 g/mol. The summed E-state index contributed by atoms with van der Waals surface area (Å²) in [5, 5.41) is 9.66. The van der Waals surface area contributed by atoms with Gasteiger partial charge >= 0.3 is 5.97 Å². The molecule has 2 atom stereocenters. The number of carboxylic acids is 1. The van der Waals surface area contributed by atoms with Crippen molar-refractivity contribution in [2.45, 2.75) is 65.2 Å². The fraction of sp³-hybridized carbons (Fsp3) is 0.933. The van der Waals surface area contributed by atoms with Crippen molar-refractivity contribution in [3.8, 4) is 0 Å². The zero-order valence-electron chi connectivity index (χ0n) is 11.2. The average molecular weight is 238 g/mol. The van der Waals surface area contributed by atoms with Gasteiger partial charge in [0.15, 0.2) is 0 Å². The third kappa shape index (κ3) is 2.36. The summed E-state index contributed by atoms with van der Waals surface area (Å²) in [5.41, 5.74) is -0.363.